The number of rotatable bonds is 2. The number of carbonyl (C=O) groups excluding carboxylic acids is 1. The Morgan fingerprint density at radius 2 is 1.89 bits per heavy atom. The minimum absolute atomic E-state index is 0.337. The fourth-order valence-corrected chi connectivity index (χ4v) is 2.81. The normalized spacial score (nSPS) is 18.4. The zero-order valence-electron chi connectivity index (χ0n) is 11.4. The SMILES string of the molecule is CC1(C)CCN(c2c(Cl)cc(N)cc2C(N)=O)CC1. The molecule has 104 valence electrons. The Balaban J connectivity index is 2.37. The first-order valence-corrected chi connectivity index (χ1v) is 6.82. The third-order valence-electron chi connectivity index (χ3n) is 3.78. The lowest BCUT2D eigenvalue weighted by atomic mass is 9.82. The number of hydrogen-bond donors (Lipinski definition) is 2. The number of amides is 1. The monoisotopic (exact) mass is 281 g/mol. The Hall–Kier alpha value is -1.42. The fraction of sp³-hybridized carbons (Fsp3) is 0.500. The number of carbonyl (C=O) groups is 1. The molecule has 0 saturated carbocycles. The molecular weight excluding hydrogens is 262 g/mol. The van der Waals surface area contributed by atoms with Crippen molar-refractivity contribution < 1.29 is 4.79 Å². The maximum absolute atomic E-state index is 11.6. The van der Waals surface area contributed by atoms with Gasteiger partial charge in [0.25, 0.3) is 5.91 Å². The summed E-state index contributed by atoms with van der Waals surface area (Å²) in [6.07, 6.45) is 2.12. The molecule has 1 heterocycles. The van der Waals surface area contributed by atoms with Gasteiger partial charge in [0.15, 0.2) is 0 Å². The van der Waals surface area contributed by atoms with Crippen molar-refractivity contribution in [2.45, 2.75) is 26.7 Å². The molecule has 0 aromatic heterocycles. The third-order valence-corrected chi connectivity index (χ3v) is 4.07. The second kappa shape index (κ2) is 4.93. The van der Waals surface area contributed by atoms with E-state index in [2.05, 4.69) is 18.7 Å². The van der Waals surface area contributed by atoms with E-state index in [9.17, 15) is 4.79 Å². The highest BCUT2D eigenvalue weighted by Crippen LogP contribution is 2.37. The molecule has 1 fully saturated rings. The standard InChI is InChI=1S/C14H20ClN3O/c1-14(2)3-5-18(6-4-14)12-10(13(17)19)7-9(16)8-11(12)15/h7-8H,3-6,16H2,1-2H3,(H2,17,19). The van der Waals surface area contributed by atoms with Gasteiger partial charge in [0.2, 0.25) is 0 Å². The largest absolute Gasteiger partial charge is 0.399 e. The van der Waals surface area contributed by atoms with Crippen LogP contribution < -0.4 is 16.4 Å². The summed E-state index contributed by atoms with van der Waals surface area (Å²) in [6, 6.07) is 3.27. The second-order valence-electron chi connectivity index (χ2n) is 5.91. The van der Waals surface area contributed by atoms with Crippen LogP contribution in [0.15, 0.2) is 12.1 Å². The van der Waals surface area contributed by atoms with E-state index in [1.54, 1.807) is 12.1 Å². The van der Waals surface area contributed by atoms with Crippen molar-refractivity contribution in [1.29, 1.82) is 0 Å². The molecule has 1 aliphatic heterocycles. The van der Waals surface area contributed by atoms with Crippen LogP contribution in [0, 0.1) is 5.41 Å². The molecule has 0 unspecified atom stereocenters. The van der Waals surface area contributed by atoms with Crippen molar-refractivity contribution in [2.24, 2.45) is 11.1 Å². The summed E-state index contributed by atoms with van der Waals surface area (Å²) >= 11 is 6.25. The summed E-state index contributed by atoms with van der Waals surface area (Å²) in [7, 11) is 0. The van der Waals surface area contributed by atoms with Gasteiger partial charge in [0.05, 0.1) is 16.3 Å². The van der Waals surface area contributed by atoms with Gasteiger partial charge in [0, 0.05) is 18.8 Å². The number of hydrogen-bond acceptors (Lipinski definition) is 3. The van der Waals surface area contributed by atoms with Crippen LogP contribution in [0.25, 0.3) is 0 Å². The molecule has 1 aromatic rings. The average molecular weight is 282 g/mol. The molecule has 1 aliphatic rings. The van der Waals surface area contributed by atoms with Crippen LogP contribution in [0.3, 0.4) is 0 Å². The van der Waals surface area contributed by atoms with Gasteiger partial charge in [0.1, 0.15) is 0 Å². The molecule has 0 aliphatic carbocycles. The third kappa shape index (κ3) is 2.95. The fourth-order valence-electron chi connectivity index (χ4n) is 2.46. The highest BCUT2D eigenvalue weighted by molar-refractivity contribution is 6.34. The maximum atomic E-state index is 11.6. The van der Waals surface area contributed by atoms with Gasteiger partial charge in [-0.3, -0.25) is 4.79 Å². The molecule has 1 amide bonds. The van der Waals surface area contributed by atoms with E-state index in [0.29, 0.717) is 21.7 Å². The molecule has 19 heavy (non-hydrogen) atoms. The van der Waals surface area contributed by atoms with E-state index in [0.717, 1.165) is 31.6 Å². The first-order chi connectivity index (χ1) is 8.80. The Bertz CT molecular complexity index is 504. The molecular formula is C14H20ClN3O. The van der Waals surface area contributed by atoms with E-state index in [1.165, 1.54) is 0 Å². The lowest BCUT2D eigenvalue weighted by Crippen LogP contribution is -2.38. The van der Waals surface area contributed by atoms with E-state index >= 15 is 0 Å². The predicted molar refractivity (Wildman–Crippen MR) is 79.6 cm³/mol. The van der Waals surface area contributed by atoms with Crippen molar-refractivity contribution in [1.82, 2.24) is 0 Å². The van der Waals surface area contributed by atoms with E-state index in [-0.39, 0.29) is 0 Å². The van der Waals surface area contributed by atoms with Crippen LogP contribution in [0.2, 0.25) is 5.02 Å². The highest BCUT2D eigenvalue weighted by atomic mass is 35.5. The number of primary amides is 1. The molecule has 2 rings (SSSR count). The molecule has 0 atom stereocenters. The molecule has 4 N–H and O–H groups in total. The molecule has 1 aromatic carbocycles. The first kappa shape index (κ1) is 14.0. The van der Waals surface area contributed by atoms with Gasteiger partial charge in [-0.2, -0.15) is 0 Å². The molecule has 1 saturated heterocycles. The van der Waals surface area contributed by atoms with Crippen molar-refractivity contribution >= 4 is 28.9 Å². The summed E-state index contributed by atoms with van der Waals surface area (Å²) in [6.45, 7) is 6.25. The zero-order chi connectivity index (χ0) is 14.2. The van der Waals surface area contributed by atoms with Crippen LogP contribution >= 0.6 is 11.6 Å². The summed E-state index contributed by atoms with van der Waals surface area (Å²) in [4.78, 5) is 13.7. The number of nitrogens with zero attached hydrogens (tertiary/aromatic N) is 1. The van der Waals surface area contributed by atoms with Crippen molar-refractivity contribution in [3.8, 4) is 0 Å². The van der Waals surface area contributed by atoms with E-state index in [4.69, 9.17) is 23.1 Å². The van der Waals surface area contributed by atoms with Crippen LogP contribution in [0.1, 0.15) is 37.0 Å². The summed E-state index contributed by atoms with van der Waals surface area (Å²) < 4.78 is 0. The van der Waals surface area contributed by atoms with Gasteiger partial charge >= 0.3 is 0 Å². The van der Waals surface area contributed by atoms with Crippen LogP contribution in [0.4, 0.5) is 11.4 Å². The molecule has 0 spiro atoms. The van der Waals surface area contributed by atoms with E-state index in [1.807, 2.05) is 0 Å². The predicted octanol–water partition coefficient (Wildman–Crippen LogP) is 2.65. The number of piperidine rings is 1. The van der Waals surface area contributed by atoms with E-state index < -0.39 is 5.91 Å². The molecule has 4 nitrogen and oxygen atoms in total. The molecule has 0 bridgehead atoms. The second-order valence-corrected chi connectivity index (χ2v) is 6.32. The lowest BCUT2D eigenvalue weighted by molar-refractivity contribution is 0.100. The smallest absolute Gasteiger partial charge is 0.250 e. The Labute approximate surface area is 118 Å². The maximum Gasteiger partial charge on any atom is 0.250 e. The highest BCUT2D eigenvalue weighted by Gasteiger charge is 2.28. The van der Waals surface area contributed by atoms with Gasteiger partial charge in [-0.1, -0.05) is 25.4 Å². The minimum atomic E-state index is -0.492. The zero-order valence-corrected chi connectivity index (χ0v) is 12.1. The van der Waals surface area contributed by atoms with Crippen molar-refractivity contribution in [3.05, 3.63) is 22.7 Å². The summed E-state index contributed by atoms with van der Waals surface area (Å²) in [5.41, 5.74) is 13.1. The molecule has 5 heteroatoms. The topological polar surface area (TPSA) is 72.3 Å². The van der Waals surface area contributed by atoms with Crippen molar-refractivity contribution in [3.63, 3.8) is 0 Å². The average Bonchev–Trinajstić information content (AvgIpc) is 2.29. The Morgan fingerprint density at radius 3 is 2.42 bits per heavy atom. The van der Waals surface area contributed by atoms with Gasteiger partial charge in [-0.05, 0) is 30.4 Å². The lowest BCUT2D eigenvalue weighted by Gasteiger charge is -2.39. The number of anilines is 2. The van der Waals surface area contributed by atoms with Gasteiger partial charge in [-0.25, -0.2) is 0 Å². The van der Waals surface area contributed by atoms with Crippen LogP contribution in [-0.4, -0.2) is 19.0 Å². The number of halogens is 1. The van der Waals surface area contributed by atoms with Crippen molar-refractivity contribution in [2.75, 3.05) is 23.7 Å². The van der Waals surface area contributed by atoms with Gasteiger partial charge in [-0.15, -0.1) is 0 Å². The number of benzene rings is 1. The van der Waals surface area contributed by atoms with Crippen LogP contribution in [-0.2, 0) is 0 Å². The Kier molecular flexibility index (Phi) is 3.63. The Morgan fingerprint density at radius 1 is 1.32 bits per heavy atom. The summed E-state index contributed by atoms with van der Waals surface area (Å²) in [5, 5.41) is 0.494. The number of nitrogen functional groups attached to an aromatic ring is 1. The van der Waals surface area contributed by atoms with Gasteiger partial charge < -0.3 is 16.4 Å². The number of nitrogens with two attached hydrogens (primary N) is 2. The quantitative estimate of drug-likeness (QED) is 0.819. The first-order valence-electron chi connectivity index (χ1n) is 6.44. The van der Waals surface area contributed by atoms with Crippen LogP contribution in [0.5, 0.6) is 0 Å². The molecule has 0 radical (unpaired) electrons. The summed E-state index contributed by atoms with van der Waals surface area (Å²) in [5.74, 6) is -0.492. The minimum Gasteiger partial charge on any atom is -0.399 e.